The van der Waals surface area contributed by atoms with Crippen molar-refractivity contribution in [2.75, 3.05) is 33.0 Å². The number of piperidine rings is 1. The van der Waals surface area contributed by atoms with E-state index in [0.29, 0.717) is 37.7 Å². The Hall–Kier alpha value is -1.58. The number of fused-ring (bicyclic) bond motifs is 1. The molecule has 0 saturated carbocycles. The first-order chi connectivity index (χ1) is 13.2. The number of halogens is 2. The summed E-state index contributed by atoms with van der Waals surface area (Å²) < 4.78 is 16.6. The lowest BCUT2D eigenvalue weighted by molar-refractivity contribution is 0.00831. The fourth-order valence-electron chi connectivity index (χ4n) is 3.26. The van der Waals surface area contributed by atoms with E-state index >= 15 is 0 Å². The largest absolute Gasteiger partial charge is 0.454 e. The summed E-state index contributed by atoms with van der Waals surface area (Å²) in [4.78, 5) is 19.2. The van der Waals surface area contributed by atoms with Crippen LogP contribution in [0.3, 0.4) is 0 Å². The Labute approximate surface area is 186 Å². The van der Waals surface area contributed by atoms with Crippen LogP contribution in [0.5, 0.6) is 11.5 Å². The fraction of sp³-hybridized carbons (Fsp3) is 0.474. The number of nitrogens with two attached hydrogens (primary N) is 1. The van der Waals surface area contributed by atoms with Crippen LogP contribution in [0, 0.1) is 0 Å². The highest BCUT2D eigenvalue weighted by molar-refractivity contribution is 7.13. The van der Waals surface area contributed by atoms with Crippen molar-refractivity contribution >= 4 is 42.1 Å². The van der Waals surface area contributed by atoms with Gasteiger partial charge in [0.05, 0.1) is 6.10 Å². The molecule has 1 aromatic carbocycles. The fourth-order valence-corrected chi connectivity index (χ4v) is 4.05. The third-order valence-corrected chi connectivity index (χ3v) is 5.67. The predicted molar refractivity (Wildman–Crippen MR) is 117 cm³/mol. The highest BCUT2D eigenvalue weighted by Gasteiger charge is 2.25. The second kappa shape index (κ2) is 11.0. The number of aromatic nitrogens is 1. The molecule has 160 valence electrons. The number of thiazole rings is 1. The number of carbonyl (C=O) groups is 1. The molecular formula is C19H25Cl2N3O4S. The predicted octanol–water partition coefficient (Wildman–Crippen LogP) is 3.35. The number of rotatable bonds is 6. The molecule has 2 N–H and O–H groups in total. The quantitative estimate of drug-likeness (QED) is 0.663. The first-order valence-electron chi connectivity index (χ1n) is 9.21. The van der Waals surface area contributed by atoms with Gasteiger partial charge in [-0.1, -0.05) is 0 Å². The van der Waals surface area contributed by atoms with Crippen LogP contribution in [0.2, 0.25) is 0 Å². The third kappa shape index (κ3) is 5.52. The molecule has 0 bridgehead atoms. The van der Waals surface area contributed by atoms with Crippen LogP contribution < -0.4 is 15.2 Å². The van der Waals surface area contributed by atoms with E-state index in [9.17, 15) is 4.79 Å². The van der Waals surface area contributed by atoms with E-state index in [-0.39, 0.29) is 43.6 Å². The summed E-state index contributed by atoms with van der Waals surface area (Å²) in [6.45, 7) is 2.98. The van der Waals surface area contributed by atoms with Crippen molar-refractivity contribution in [1.29, 1.82) is 0 Å². The van der Waals surface area contributed by atoms with Gasteiger partial charge in [0.1, 0.15) is 10.7 Å². The highest BCUT2D eigenvalue weighted by Crippen LogP contribution is 2.36. The van der Waals surface area contributed by atoms with Gasteiger partial charge in [-0.2, -0.15) is 0 Å². The van der Waals surface area contributed by atoms with Crippen LogP contribution in [-0.4, -0.2) is 54.9 Å². The van der Waals surface area contributed by atoms with Crippen molar-refractivity contribution in [2.24, 2.45) is 5.73 Å². The number of amides is 1. The molecule has 29 heavy (non-hydrogen) atoms. The number of nitrogens with zero attached hydrogens (tertiary/aromatic N) is 2. The maximum Gasteiger partial charge on any atom is 0.273 e. The molecule has 0 radical (unpaired) electrons. The highest BCUT2D eigenvalue weighted by atomic mass is 35.5. The second-order valence-corrected chi connectivity index (χ2v) is 7.47. The van der Waals surface area contributed by atoms with Gasteiger partial charge in [-0.05, 0) is 44.0 Å². The number of hydrogen-bond donors (Lipinski definition) is 1. The zero-order valence-corrected chi connectivity index (χ0v) is 18.3. The Bertz CT molecular complexity index is 813. The van der Waals surface area contributed by atoms with Gasteiger partial charge in [0.15, 0.2) is 11.5 Å². The number of likely N-dealkylation sites (tertiary alicyclic amines) is 1. The molecule has 1 saturated heterocycles. The molecular weight excluding hydrogens is 437 g/mol. The molecule has 10 heteroatoms. The minimum atomic E-state index is -0.0151. The molecule has 0 atom stereocenters. The van der Waals surface area contributed by atoms with Crippen LogP contribution in [0.4, 0.5) is 0 Å². The Morgan fingerprint density at radius 2 is 2.00 bits per heavy atom. The van der Waals surface area contributed by atoms with Gasteiger partial charge < -0.3 is 24.8 Å². The molecule has 1 amide bonds. The van der Waals surface area contributed by atoms with Crippen LogP contribution in [0.25, 0.3) is 10.6 Å². The van der Waals surface area contributed by atoms with Crippen molar-refractivity contribution in [3.05, 3.63) is 29.3 Å². The SMILES string of the molecule is Cl.Cl.NCCCOC1CCN(C(=O)c2csc(-c3ccc4c(c3)OCO4)n2)CC1. The minimum absolute atomic E-state index is 0. The van der Waals surface area contributed by atoms with Gasteiger partial charge in [0.25, 0.3) is 5.91 Å². The van der Waals surface area contributed by atoms with Crippen LogP contribution in [0.1, 0.15) is 29.8 Å². The molecule has 0 aliphatic carbocycles. The summed E-state index contributed by atoms with van der Waals surface area (Å²) in [7, 11) is 0. The Morgan fingerprint density at radius 1 is 1.24 bits per heavy atom. The van der Waals surface area contributed by atoms with Crippen molar-refractivity contribution in [1.82, 2.24) is 9.88 Å². The van der Waals surface area contributed by atoms with E-state index in [1.807, 2.05) is 28.5 Å². The van der Waals surface area contributed by atoms with Crippen molar-refractivity contribution < 1.29 is 19.0 Å². The van der Waals surface area contributed by atoms with Gasteiger partial charge in [-0.3, -0.25) is 4.79 Å². The van der Waals surface area contributed by atoms with Crippen LogP contribution in [0.15, 0.2) is 23.6 Å². The Morgan fingerprint density at radius 3 is 2.76 bits per heavy atom. The Kier molecular flexibility index (Phi) is 8.98. The van der Waals surface area contributed by atoms with Crippen LogP contribution >= 0.6 is 36.2 Å². The molecule has 7 nitrogen and oxygen atoms in total. The molecule has 0 unspecified atom stereocenters. The molecule has 3 heterocycles. The summed E-state index contributed by atoms with van der Waals surface area (Å²) in [6, 6.07) is 5.71. The van der Waals surface area contributed by atoms with Crippen molar-refractivity contribution in [3.63, 3.8) is 0 Å². The van der Waals surface area contributed by atoms with E-state index < -0.39 is 0 Å². The maximum absolute atomic E-state index is 12.8. The van der Waals surface area contributed by atoms with Crippen LogP contribution in [-0.2, 0) is 4.74 Å². The average molecular weight is 462 g/mol. The topological polar surface area (TPSA) is 86.9 Å². The van der Waals surface area contributed by atoms with Gasteiger partial charge in [0.2, 0.25) is 6.79 Å². The summed E-state index contributed by atoms with van der Waals surface area (Å²) in [5.74, 6) is 1.44. The van der Waals surface area contributed by atoms with E-state index in [1.165, 1.54) is 11.3 Å². The van der Waals surface area contributed by atoms with Gasteiger partial charge in [-0.25, -0.2) is 4.98 Å². The van der Waals surface area contributed by atoms with E-state index in [0.717, 1.165) is 35.6 Å². The number of ether oxygens (including phenoxy) is 3. The number of carbonyl (C=O) groups excluding carboxylic acids is 1. The lowest BCUT2D eigenvalue weighted by Crippen LogP contribution is -2.41. The number of benzene rings is 1. The van der Waals surface area contributed by atoms with Gasteiger partial charge >= 0.3 is 0 Å². The minimum Gasteiger partial charge on any atom is -0.454 e. The molecule has 2 aromatic rings. The first kappa shape index (κ1) is 23.7. The summed E-state index contributed by atoms with van der Waals surface area (Å²) >= 11 is 1.46. The lowest BCUT2D eigenvalue weighted by atomic mass is 10.1. The zero-order chi connectivity index (χ0) is 18.6. The zero-order valence-electron chi connectivity index (χ0n) is 15.9. The second-order valence-electron chi connectivity index (χ2n) is 6.61. The molecule has 1 aromatic heterocycles. The summed E-state index contributed by atoms with van der Waals surface area (Å²) in [5, 5.41) is 2.63. The summed E-state index contributed by atoms with van der Waals surface area (Å²) in [5.41, 5.74) is 6.91. The van der Waals surface area contributed by atoms with Crippen molar-refractivity contribution in [2.45, 2.75) is 25.4 Å². The monoisotopic (exact) mass is 461 g/mol. The third-order valence-electron chi connectivity index (χ3n) is 4.77. The van der Waals surface area contributed by atoms with E-state index in [4.69, 9.17) is 19.9 Å². The molecule has 0 spiro atoms. The Balaban J connectivity index is 0.00000150. The van der Waals surface area contributed by atoms with Crippen molar-refractivity contribution in [3.8, 4) is 22.1 Å². The normalized spacial score (nSPS) is 15.6. The molecule has 2 aliphatic rings. The maximum atomic E-state index is 12.8. The smallest absolute Gasteiger partial charge is 0.273 e. The molecule has 1 fully saturated rings. The van der Waals surface area contributed by atoms with E-state index in [1.54, 1.807) is 0 Å². The molecule has 4 rings (SSSR count). The molecule has 2 aliphatic heterocycles. The van der Waals surface area contributed by atoms with Gasteiger partial charge in [0, 0.05) is 30.6 Å². The standard InChI is InChI=1S/C19H23N3O4S.2ClH/c20-6-1-9-24-14-4-7-22(8-5-14)19(23)15-11-27-18(21-15)13-2-3-16-17(10-13)26-12-25-16;;/h2-3,10-11,14H,1,4-9,12,20H2;2*1H. The van der Waals surface area contributed by atoms with E-state index in [2.05, 4.69) is 4.98 Å². The first-order valence-corrected chi connectivity index (χ1v) is 10.1. The number of hydrogen-bond acceptors (Lipinski definition) is 7. The lowest BCUT2D eigenvalue weighted by Gasteiger charge is -2.31. The summed E-state index contributed by atoms with van der Waals surface area (Å²) in [6.07, 6.45) is 2.81. The average Bonchev–Trinajstić information content (AvgIpc) is 3.37. The van der Waals surface area contributed by atoms with Gasteiger partial charge in [-0.15, -0.1) is 36.2 Å².